The highest BCUT2D eigenvalue weighted by atomic mass is 16.2. The van der Waals surface area contributed by atoms with E-state index in [0.717, 1.165) is 12.4 Å². The summed E-state index contributed by atoms with van der Waals surface area (Å²) in [6.45, 7) is 10.2. The third kappa shape index (κ3) is 5.41. The number of carbonyl (C=O) groups excluding carboxylic acids is 1. The molecule has 0 spiro atoms. The van der Waals surface area contributed by atoms with Crippen LogP contribution >= 0.6 is 0 Å². The van der Waals surface area contributed by atoms with E-state index in [-0.39, 0.29) is 12.1 Å². The van der Waals surface area contributed by atoms with Crippen molar-refractivity contribution < 1.29 is 4.79 Å². The van der Waals surface area contributed by atoms with E-state index in [9.17, 15) is 4.79 Å². The number of urea groups is 1. The SMILES string of the molecule is CC(C)CN(Cc1nccn1Cc1ccccc1)C(=O)NC(C)C. The van der Waals surface area contributed by atoms with Crippen LogP contribution in [0.3, 0.4) is 0 Å². The van der Waals surface area contributed by atoms with Crippen LogP contribution in [0.4, 0.5) is 4.79 Å². The lowest BCUT2D eigenvalue weighted by Gasteiger charge is -2.26. The average molecular weight is 328 g/mol. The molecule has 2 rings (SSSR count). The number of hydrogen-bond donors (Lipinski definition) is 1. The molecule has 0 bridgehead atoms. The Hall–Kier alpha value is -2.30. The van der Waals surface area contributed by atoms with E-state index in [1.54, 1.807) is 6.20 Å². The van der Waals surface area contributed by atoms with Crippen LogP contribution in [0.1, 0.15) is 39.1 Å². The molecule has 0 saturated heterocycles. The molecule has 1 N–H and O–H groups in total. The Morgan fingerprint density at radius 3 is 2.54 bits per heavy atom. The van der Waals surface area contributed by atoms with Crippen LogP contribution < -0.4 is 5.32 Å². The summed E-state index contributed by atoms with van der Waals surface area (Å²) in [5, 5.41) is 2.98. The number of aromatic nitrogens is 2. The number of carbonyl (C=O) groups is 1. The van der Waals surface area contributed by atoms with Crippen molar-refractivity contribution in [3.8, 4) is 0 Å². The van der Waals surface area contributed by atoms with Crippen molar-refractivity contribution in [2.45, 2.75) is 46.8 Å². The Labute approximate surface area is 144 Å². The molecule has 1 aromatic heterocycles. The van der Waals surface area contributed by atoms with Crippen molar-refractivity contribution in [2.75, 3.05) is 6.54 Å². The van der Waals surface area contributed by atoms with Crippen LogP contribution in [0, 0.1) is 5.92 Å². The van der Waals surface area contributed by atoms with Crippen molar-refractivity contribution in [3.63, 3.8) is 0 Å². The zero-order chi connectivity index (χ0) is 17.5. The lowest BCUT2D eigenvalue weighted by molar-refractivity contribution is 0.183. The van der Waals surface area contributed by atoms with Gasteiger partial charge in [0.25, 0.3) is 0 Å². The minimum Gasteiger partial charge on any atom is -0.336 e. The van der Waals surface area contributed by atoms with Crippen molar-refractivity contribution in [1.29, 1.82) is 0 Å². The highest BCUT2D eigenvalue weighted by molar-refractivity contribution is 5.74. The Morgan fingerprint density at radius 1 is 1.21 bits per heavy atom. The van der Waals surface area contributed by atoms with Gasteiger partial charge in [0, 0.05) is 31.5 Å². The molecule has 5 heteroatoms. The van der Waals surface area contributed by atoms with E-state index >= 15 is 0 Å². The van der Waals surface area contributed by atoms with Crippen LogP contribution in [-0.2, 0) is 13.1 Å². The maximum absolute atomic E-state index is 12.5. The first kappa shape index (κ1) is 18.0. The molecule has 1 heterocycles. The number of hydrogen-bond acceptors (Lipinski definition) is 2. The van der Waals surface area contributed by atoms with Crippen molar-refractivity contribution in [1.82, 2.24) is 19.8 Å². The van der Waals surface area contributed by atoms with E-state index in [4.69, 9.17) is 0 Å². The topological polar surface area (TPSA) is 50.2 Å². The molecule has 24 heavy (non-hydrogen) atoms. The maximum Gasteiger partial charge on any atom is 0.318 e. The van der Waals surface area contributed by atoms with Gasteiger partial charge in [0.05, 0.1) is 6.54 Å². The summed E-state index contributed by atoms with van der Waals surface area (Å²) in [4.78, 5) is 18.8. The summed E-state index contributed by atoms with van der Waals surface area (Å²) in [5.41, 5.74) is 1.22. The zero-order valence-corrected chi connectivity index (χ0v) is 15.1. The minimum atomic E-state index is -0.0343. The van der Waals surface area contributed by atoms with Gasteiger partial charge in [-0.15, -0.1) is 0 Å². The fourth-order valence-corrected chi connectivity index (χ4v) is 2.58. The standard InChI is InChI=1S/C19H28N4O/c1-15(2)12-23(19(24)21-16(3)4)14-18-20-10-11-22(18)13-17-8-6-5-7-9-17/h5-11,15-16H,12-14H2,1-4H3,(H,21,24). The quantitative estimate of drug-likeness (QED) is 0.845. The van der Waals surface area contributed by atoms with Gasteiger partial charge in [-0.25, -0.2) is 9.78 Å². The molecule has 0 saturated carbocycles. The van der Waals surface area contributed by atoms with Crippen molar-refractivity contribution >= 4 is 6.03 Å². The lowest BCUT2D eigenvalue weighted by atomic mass is 10.2. The third-order valence-electron chi connectivity index (χ3n) is 3.61. The molecule has 0 aliphatic carbocycles. The van der Waals surface area contributed by atoms with E-state index in [2.05, 4.69) is 40.8 Å². The fraction of sp³-hybridized carbons (Fsp3) is 0.474. The second kappa shape index (κ2) is 8.52. The van der Waals surface area contributed by atoms with Crippen LogP contribution in [0.25, 0.3) is 0 Å². The summed E-state index contributed by atoms with van der Waals surface area (Å²) >= 11 is 0. The molecule has 0 unspecified atom stereocenters. The predicted molar refractivity (Wildman–Crippen MR) is 96.7 cm³/mol. The van der Waals surface area contributed by atoms with E-state index in [1.807, 2.05) is 43.1 Å². The van der Waals surface area contributed by atoms with E-state index in [1.165, 1.54) is 5.56 Å². The zero-order valence-electron chi connectivity index (χ0n) is 15.1. The Bertz CT molecular complexity index is 634. The predicted octanol–water partition coefficient (Wildman–Crippen LogP) is 3.51. The van der Waals surface area contributed by atoms with Gasteiger partial charge in [0.15, 0.2) is 0 Å². The summed E-state index contributed by atoms with van der Waals surface area (Å²) < 4.78 is 2.10. The van der Waals surface area contributed by atoms with Gasteiger partial charge in [-0.3, -0.25) is 0 Å². The molecule has 2 amide bonds. The number of amides is 2. The van der Waals surface area contributed by atoms with Crippen LogP contribution in [-0.4, -0.2) is 33.1 Å². The molecular formula is C19H28N4O. The van der Waals surface area contributed by atoms with E-state index in [0.29, 0.717) is 19.0 Å². The summed E-state index contributed by atoms with van der Waals surface area (Å²) in [5.74, 6) is 1.30. The largest absolute Gasteiger partial charge is 0.336 e. The maximum atomic E-state index is 12.5. The first-order valence-electron chi connectivity index (χ1n) is 8.55. The molecule has 130 valence electrons. The Balaban J connectivity index is 2.11. The molecule has 0 radical (unpaired) electrons. The van der Waals surface area contributed by atoms with Crippen molar-refractivity contribution in [2.24, 2.45) is 5.92 Å². The van der Waals surface area contributed by atoms with Gasteiger partial charge in [0.2, 0.25) is 0 Å². The summed E-state index contributed by atoms with van der Waals surface area (Å²) in [6.07, 6.45) is 3.77. The van der Waals surface area contributed by atoms with Crippen LogP contribution in [0.5, 0.6) is 0 Å². The van der Waals surface area contributed by atoms with Gasteiger partial charge < -0.3 is 14.8 Å². The van der Waals surface area contributed by atoms with Gasteiger partial charge in [-0.2, -0.15) is 0 Å². The minimum absolute atomic E-state index is 0.0343. The Morgan fingerprint density at radius 2 is 1.92 bits per heavy atom. The molecule has 5 nitrogen and oxygen atoms in total. The van der Waals surface area contributed by atoms with Crippen molar-refractivity contribution in [3.05, 3.63) is 54.1 Å². The van der Waals surface area contributed by atoms with Gasteiger partial charge in [-0.1, -0.05) is 44.2 Å². The summed E-state index contributed by atoms with van der Waals surface area (Å²) in [7, 11) is 0. The number of nitrogens with one attached hydrogen (secondary N) is 1. The highest BCUT2D eigenvalue weighted by Gasteiger charge is 2.18. The highest BCUT2D eigenvalue weighted by Crippen LogP contribution is 2.10. The van der Waals surface area contributed by atoms with Gasteiger partial charge in [-0.05, 0) is 25.3 Å². The Kier molecular flexibility index (Phi) is 6.41. The molecule has 0 aliphatic heterocycles. The van der Waals surface area contributed by atoms with Crippen LogP contribution in [0.15, 0.2) is 42.7 Å². The normalized spacial score (nSPS) is 11.1. The van der Waals surface area contributed by atoms with Gasteiger partial charge >= 0.3 is 6.03 Å². The molecular weight excluding hydrogens is 300 g/mol. The first-order valence-corrected chi connectivity index (χ1v) is 8.55. The summed E-state index contributed by atoms with van der Waals surface area (Å²) in [6, 6.07) is 10.4. The second-order valence-corrected chi connectivity index (χ2v) is 6.84. The molecule has 2 aromatic rings. The first-order chi connectivity index (χ1) is 11.5. The third-order valence-corrected chi connectivity index (χ3v) is 3.61. The average Bonchev–Trinajstić information content (AvgIpc) is 2.93. The smallest absolute Gasteiger partial charge is 0.318 e. The number of rotatable bonds is 7. The molecule has 0 atom stereocenters. The van der Waals surface area contributed by atoms with E-state index < -0.39 is 0 Å². The van der Waals surface area contributed by atoms with Crippen LogP contribution in [0.2, 0.25) is 0 Å². The number of benzene rings is 1. The lowest BCUT2D eigenvalue weighted by Crippen LogP contribution is -2.44. The monoisotopic (exact) mass is 328 g/mol. The number of nitrogens with zero attached hydrogens (tertiary/aromatic N) is 3. The molecule has 1 aromatic carbocycles. The number of imidazole rings is 1. The second-order valence-electron chi connectivity index (χ2n) is 6.84. The fourth-order valence-electron chi connectivity index (χ4n) is 2.58. The van der Waals surface area contributed by atoms with Gasteiger partial charge in [0.1, 0.15) is 5.82 Å². The molecule has 0 aliphatic rings. The molecule has 0 fully saturated rings.